The van der Waals surface area contributed by atoms with Crippen LogP contribution in [0.2, 0.25) is 0 Å². The number of hydrogen-bond donors (Lipinski definition) is 2. The van der Waals surface area contributed by atoms with Crippen molar-refractivity contribution in [2.45, 2.75) is 16.0 Å². The Balaban J connectivity index is 1.65. The minimum Gasteiger partial charge on any atom is -0.468 e. The van der Waals surface area contributed by atoms with E-state index < -0.39 is 26.9 Å². The van der Waals surface area contributed by atoms with Gasteiger partial charge in [-0.25, -0.2) is 8.42 Å². The molecule has 3 heterocycles. The Kier molecular flexibility index (Phi) is 6.22. The number of nitrogens with zero attached hydrogens (tertiary/aromatic N) is 1. The molecule has 1 unspecified atom stereocenters. The lowest BCUT2D eigenvalue weighted by molar-refractivity contribution is -0.139. The highest BCUT2D eigenvalue weighted by molar-refractivity contribution is 7.93. The fourth-order valence-electron chi connectivity index (χ4n) is 2.42. The van der Waals surface area contributed by atoms with E-state index in [4.69, 9.17) is 4.42 Å². The van der Waals surface area contributed by atoms with Crippen LogP contribution < -0.4 is 10.6 Å². The van der Waals surface area contributed by atoms with E-state index in [1.54, 1.807) is 41.9 Å². The summed E-state index contributed by atoms with van der Waals surface area (Å²) in [7, 11) is -3.79. The van der Waals surface area contributed by atoms with Crippen molar-refractivity contribution in [3.63, 3.8) is 0 Å². The molecular formula is C18H17N3O5S2. The molecule has 0 fully saturated rings. The van der Waals surface area contributed by atoms with Crippen LogP contribution >= 0.6 is 11.3 Å². The van der Waals surface area contributed by atoms with Crippen molar-refractivity contribution in [2.24, 2.45) is 0 Å². The van der Waals surface area contributed by atoms with E-state index in [0.717, 1.165) is 11.3 Å². The predicted molar refractivity (Wildman–Crippen MR) is 102 cm³/mol. The molecule has 0 aliphatic rings. The Morgan fingerprint density at radius 3 is 2.54 bits per heavy atom. The molecule has 28 heavy (non-hydrogen) atoms. The van der Waals surface area contributed by atoms with Crippen LogP contribution in [0.3, 0.4) is 0 Å². The maximum absolute atomic E-state index is 12.9. The van der Waals surface area contributed by atoms with Crippen molar-refractivity contribution in [1.29, 1.82) is 0 Å². The van der Waals surface area contributed by atoms with Gasteiger partial charge in [-0.15, -0.1) is 11.3 Å². The van der Waals surface area contributed by atoms with Crippen LogP contribution in [0.4, 0.5) is 0 Å². The normalized spacial score (nSPS) is 12.3. The number of furan rings is 1. The lowest BCUT2D eigenvalue weighted by Gasteiger charge is -2.15. The lowest BCUT2D eigenvalue weighted by atomic mass is 10.3. The third-order valence-electron chi connectivity index (χ3n) is 3.82. The summed E-state index contributed by atoms with van der Waals surface area (Å²) in [5.41, 5.74) is 0.595. The SMILES string of the molecule is O=C(NCc1ccccn1)C(=O)NCC(c1ccco1)S(=O)(=O)c1cccs1. The lowest BCUT2D eigenvalue weighted by Crippen LogP contribution is -2.42. The van der Waals surface area contributed by atoms with Crippen LogP contribution in [0.5, 0.6) is 0 Å². The Hall–Kier alpha value is -2.98. The zero-order valence-electron chi connectivity index (χ0n) is 14.6. The molecule has 8 nitrogen and oxygen atoms in total. The first kappa shape index (κ1) is 19.8. The Bertz CT molecular complexity index is 1020. The highest BCUT2D eigenvalue weighted by Gasteiger charge is 2.33. The number of carbonyl (C=O) groups is 2. The average Bonchev–Trinajstić information content (AvgIpc) is 3.41. The van der Waals surface area contributed by atoms with Gasteiger partial charge in [-0.05, 0) is 35.7 Å². The molecule has 0 bridgehead atoms. The van der Waals surface area contributed by atoms with Crippen molar-refractivity contribution < 1.29 is 22.4 Å². The first-order valence-electron chi connectivity index (χ1n) is 8.25. The summed E-state index contributed by atoms with van der Waals surface area (Å²) in [6.07, 6.45) is 2.93. The quantitative estimate of drug-likeness (QED) is 0.563. The number of rotatable bonds is 7. The second-order valence-electron chi connectivity index (χ2n) is 5.69. The molecule has 1 atom stereocenters. The maximum Gasteiger partial charge on any atom is 0.309 e. The first-order chi connectivity index (χ1) is 13.5. The molecule has 0 spiro atoms. The minimum atomic E-state index is -3.79. The molecule has 2 N–H and O–H groups in total. The molecule has 3 aromatic rings. The summed E-state index contributed by atoms with van der Waals surface area (Å²) >= 11 is 1.07. The van der Waals surface area contributed by atoms with Crippen molar-refractivity contribution >= 4 is 33.0 Å². The molecule has 0 aliphatic carbocycles. The summed E-state index contributed by atoms with van der Waals surface area (Å²) in [6.45, 7) is -0.216. The summed E-state index contributed by atoms with van der Waals surface area (Å²) in [5, 5.41) is 5.31. The van der Waals surface area contributed by atoms with E-state index in [2.05, 4.69) is 15.6 Å². The van der Waals surface area contributed by atoms with Crippen molar-refractivity contribution in [3.8, 4) is 0 Å². The molecule has 0 saturated heterocycles. The van der Waals surface area contributed by atoms with Gasteiger partial charge in [0.25, 0.3) is 0 Å². The van der Waals surface area contributed by atoms with Gasteiger partial charge in [0.15, 0.2) is 9.84 Å². The molecule has 2 amide bonds. The standard InChI is InChI=1S/C18H17N3O5S2/c22-17(20-11-13-5-1-2-8-19-13)18(23)21-12-15(14-6-3-9-26-14)28(24,25)16-7-4-10-27-16/h1-10,15H,11-12H2,(H,20,22)(H,21,23). The van der Waals surface area contributed by atoms with Crippen LogP contribution in [0.25, 0.3) is 0 Å². The highest BCUT2D eigenvalue weighted by atomic mass is 32.2. The summed E-state index contributed by atoms with van der Waals surface area (Å²) in [6, 6.07) is 11.4. The van der Waals surface area contributed by atoms with Gasteiger partial charge in [-0.2, -0.15) is 0 Å². The van der Waals surface area contributed by atoms with Gasteiger partial charge < -0.3 is 15.1 Å². The van der Waals surface area contributed by atoms with Crippen LogP contribution in [0.15, 0.2) is 68.9 Å². The molecule has 3 aromatic heterocycles. The fourth-order valence-corrected chi connectivity index (χ4v) is 5.21. The van der Waals surface area contributed by atoms with Crippen LogP contribution in [0.1, 0.15) is 16.7 Å². The van der Waals surface area contributed by atoms with Crippen LogP contribution in [-0.2, 0) is 26.0 Å². The highest BCUT2D eigenvalue weighted by Crippen LogP contribution is 2.31. The number of thiophene rings is 1. The number of aromatic nitrogens is 1. The third kappa shape index (κ3) is 4.65. The third-order valence-corrected chi connectivity index (χ3v) is 7.31. The van der Waals surface area contributed by atoms with E-state index >= 15 is 0 Å². The van der Waals surface area contributed by atoms with Gasteiger partial charge in [0.1, 0.15) is 15.2 Å². The van der Waals surface area contributed by atoms with E-state index in [-0.39, 0.29) is 23.1 Å². The van der Waals surface area contributed by atoms with Crippen molar-refractivity contribution in [1.82, 2.24) is 15.6 Å². The van der Waals surface area contributed by atoms with Crippen molar-refractivity contribution in [3.05, 3.63) is 71.8 Å². The number of sulfone groups is 1. The van der Waals surface area contributed by atoms with Gasteiger partial charge in [0.2, 0.25) is 0 Å². The van der Waals surface area contributed by atoms with E-state index in [0.29, 0.717) is 5.69 Å². The van der Waals surface area contributed by atoms with Gasteiger partial charge in [0.05, 0.1) is 18.5 Å². The molecule has 0 saturated carbocycles. The van der Waals surface area contributed by atoms with E-state index in [9.17, 15) is 18.0 Å². The summed E-state index contributed by atoms with van der Waals surface area (Å²) < 4.78 is 31.1. The van der Waals surface area contributed by atoms with Gasteiger partial charge in [-0.3, -0.25) is 14.6 Å². The van der Waals surface area contributed by atoms with E-state index in [1.165, 1.54) is 18.4 Å². The second kappa shape index (κ2) is 8.81. The molecule has 146 valence electrons. The zero-order valence-corrected chi connectivity index (χ0v) is 16.2. The van der Waals surface area contributed by atoms with Crippen LogP contribution in [-0.4, -0.2) is 31.8 Å². The van der Waals surface area contributed by atoms with E-state index in [1.807, 2.05) is 0 Å². The fraction of sp³-hybridized carbons (Fsp3) is 0.167. The Morgan fingerprint density at radius 2 is 1.89 bits per heavy atom. The monoisotopic (exact) mass is 419 g/mol. The molecule has 3 rings (SSSR count). The Morgan fingerprint density at radius 1 is 1.07 bits per heavy atom. The molecular weight excluding hydrogens is 402 g/mol. The molecule has 0 radical (unpaired) electrons. The number of pyridine rings is 1. The number of amides is 2. The minimum absolute atomic E-state index is 0.0855. The Labute approximate surface area is 165 Å². The second-order valence-corrected chi connectivity index (χ2v) is 9.00. The van der Waals surface area contributed by atoms with Gasteiger partial charge in [0, 0.05) is 12.7 Å². The number of carbonyl (C=O) groups excluding carboxylic acids is 2. The number of nitrogens with one attached hydrogen (secondary N) is 2. The summed E-state index contributed by atoms with van der Waals surface area (Å²) in [4.78, 5) is 28.1. The molecule has 0 aromatic carbocycles. The smallest absolute Gasteiger partial charge is 0.309 e. The van der Waals surface area contributed by atoms with Gasteiger partial charge >= 0.3 is 11.8 Å². The number of hydrogen-bond acceptors (Lipinski definition) is 7. The van der Waals surface area contributed by atoms with Crippen LogP contribution in [0, 0.1) is 0 Å². The molecule has 0 aliphatic heterocycles. The average molecular weight is 419 g/mol. The molecule has 10 heteroatoms. The van der Waals surface area contributed by atoms with Gasteiger partial charge in [-0.1, -0.05) is 12.1 Å². The zero-order chi connectivity index (χ0) is 20.0. The van der Waals surface area contributed by atoms with Crippen molar-refractivity contribution in [2.75, 3.05) is 6.54 Å². The largest absolute Gasteiger partial charge is 0.468 e. The predicted octanol–water partition coefficient (Wildman–Crippen LogP) is 1.68. The maximum atomic E-state index is 12.9. The first-order valence-corrected chi connectivity index (χ1v) is 10.7. The summed E-state index contributed by atoms with van der Waals surface area (Å²) in [5.74, 6) is -1.63. The topological polar surface area (TPSA) is 118 Å².